The van der Waals surface area contributed by atoms with Gasteiger partial charge in [-0.2, -0.15) is 0 Å². The second-order valence-electron chi connectivity index (χ2n) is 8.93. The number of hydrogen-bond donors (Lipinski definition) is 3. The molecular formula is C32H30N4O4. The topological polar surface area (TPSA) is 126 Å². The van der Waals surface area contributed by atoms with Crippen LogP contribution in [0.15, 0.2) is 66.7 Å². The lowest BCUT2D eigenvalue weighted by molar-refractivity contribution is -0.146. The maximum absolute atomic E-state index is 13.2. The molecule has 0 bridgehead atoms. The molecule has 3 aromatic carbocycles. The first kappa shape index (κ1) is 29.2. The van der Waals surface area contributed by atoms with E-state index in [9.17, 15) is 9.59 Å². The van der Waals surface area contributed by atoms with E-state index in [1.165, 1.54) is 7.11 Å². The van der Waals surface area contributed by atoms with Gasteiger partial charge in [0, 0.05) is 41.0 Å². The first-order valence-corrected chi connectivity index (χ1v) is 12.5. The second-order valence-corrected chi connectivity index (χ2v) is 8.93. The van der Waals surface area contributed by atoms with Gasteiger partial charge in [0.25, 0.3) is 5.91 Å². The van der Waals surface area contributed by atoms with Gasteiger partial charge in [-0.25, -0.2) is 0 Å². The van der Waals surface area contributed by atoms with Crippen LogP contribution in [0.1, 0.15) is 39.9 Å². The summed E-state index contributed by atoms with van der Waals surface area (Å²) in [6, 6.07) is 19.9. The number of amides is 2. The molecule has 4 rings (SSSR count). The number of piperidine rings is 1. The van der Waals surface area contributed by atoms with Crippen LogP contribution in [0.3, 0.4) is 0 Å². The van der Waals surface area contributed by atoms with Crippen molar-refractivity contribution >= 4 is 29.8 Å². The van der Waals surface area contributed by atoms with Crippen LogP contribution in [0.2, 0.25) is 0 Å². The Morgan fingerprint density at radius 2 is 1.57 bits per heavy atom. The molecule has 1 aliphatic rings. The van der Waals surface area contributed by atoms with E-state index in [-0.39, 0.29) is 24.2 Å². The lowest BCUT2D eigenvalue weighted by atomic mass is 9.95. The molecule has 0 radical (unpaired) electrons. The number of methoxy groups -OCH3 is 1. The van der Waals surface area contributed by atoms with E-state index in [0.29, 0.717) is 48.6 Å². The minimum atomic E-state index is -0.286. The Labute approximate surface area is 234 Å². The van der Waals surface area contributed by atoms with Crippen molar-refractivity contribution in [3.05, 3.63) is 89.0 Å². The Morgan fingerprint density at radius 1 is 1.00 bits per heavy atom. The lowest BCUT2D eigenvalue weighted by Crippen LogP contribution is -2.40. The van der Waals surface area contributed by atoms with E-state index in [2.05, 4.69) is 22.9 Å². The number of carbonyl (C=O) groups excluding carboxylic acids is 3. The first-order chi connectivity index (χ1) is 19.3. The average molecular weight is 535 g/mol. The van der Waals surface area contributed by atoms with Crippen LogP contribution >= 0.6 is 0 Å². The summed E-state index contributed by atoms with van der Waals surface area (Å²) in [5.41, 5.74) is 8.90. The van der Waals surface area contributed by atoms with E-state index < -0.39 is 0 Å². The lowest BCUT2D eigenvalue weighted by Gasteiger charge is -2.32. The number of likely N-dealkylation sites (tertiary alicyclic amines) is 1. The van der Waals surface area contributed by atoms with Gasteiger partial charge in [-0.1, -0.05) is 42.2 Å². The highest BCUT2D eigenvalue weighted by Crippen LogP contribution is 2.27. The Balaban J connectivity index is 0.00000141. The molecule has 2 amide bonds. The van der Waals surface area contributed by atoms with Crippen molar-refractivity contribution in [3.8, 4) is 35.8 Å². The fraction of sp³-hybridized carbons (Fsp3) is 0.188. The third-order valence-corrected chi connectivity index (χ3v) is 6.56. The number of benzene rings is 3. The molecule has 0 saturated carbocycles. The summed E-state index contributed by atoms with van der Waals surface area (Å²) < 4.78 is 4.85. The van der Waals surface area contributed by atoms with Gasteiger partial charge < -0.3 is 20.7 Å². The van der Waals surface area contributed by atoms with Gasteiger partial charge in [0.15, 0.2) is 0 Å². The summed E-state index contributed by atoms with van der Waals surface area (Å²) in [4.78, 5) is 35.6. The Kier molecular flexibility index (Phi) is 10.2. The molecule has 1 aliphatic heterocycles. The van der Waals surface area contributed by atoms with Gasteiger partial charge in [0.2, 0.25) is 6.41 Å². The van der Waals surface area contributed by atoms with Crippen molar-refractivity contribution in [1.82, 2.24) is 4.90 Å². The van der Waals surface area contributed by atoms with Crippen LogP contribution in [0.4, 0.5) is 5.69 Å². The highest BCUT2D eigenvalue weighted by Gasteiger charge is 2.27. The van der Waals surface area contributed by atoms with E-state index in [1.807, 2.05) is 35.2 Å². The molecule has 202 valence electrons. The predicted octanol–water partition coefficient (Wildman–Crippen LogP) is 3.88. The van der Waals surface area contributed by atoms with Gasteiger partial charge in [0.1, 0.15) is 5.84 Å². The van der Waals surface area contributed by atoms with Crippen molar-refractivity contribution in [2.24, 2.45) is 11.7 Å². The summed E-state index contributed by atoms with van der Waals surface area (Å²) in [5, 5.41) is 11.6. The van der Waals surface area contributed by atoms with Crippen LogP contribution in [0.5, 0.6) is 0 Å². The highest BCUT2D eigenvalue weighted by molar-refractivity contribution is 6.09. The van der Waals surface area contributed by atoms with Crippen molar-refractivity contribution in [2.75, 3.05) is 25.5 Å². The number of nitrogens with zero attached hydrogens (tertiary/aromatic N) is 1. The molecule has 4 N–H and O–H groups in total. The zero-order chi connectivity index (χ0) is 29.1. The standard InChI is InChI=1S/C31H27N3O3.CH3NO/c1-4-21-6-13-26(14-7-21)33-30(35)28-20-22(5-2)8-15-27(28)23-9-11-24(12-10-23)29(32)34-18-16-25(17-19-34)31(36)37-3;2-1-3/h1-2,6-15,20,25,32H,16-19H2,3H3,(H,33,35);1H,(H2,2,3). The molecule has 40 heavy (non-hydrogen) atoms. The molecule has 0 spiro atoms. The normalized spacial score (nSPS) is 12.5. The number of nitrogens with two attached hydrogens (primary N) is 1. The minimum absolute atomic E-state index is 0.109. The van der Waals surface area contributed by atoms with Crippen LogP contribution in [-0.4, -0.2) is 49.2 Å². The van der Waals surface area contributed by atoms with Gasteiger partial charge in [-0.05, 0) is 60.4 Å². The number of anilines is 1. The quantitative estimate of drug-likeness (QED) is 0.151. The second kappa shape index (κ2) is 14.0. The zero-order valence-electron chi connectivity index (χ0n) is 22.1. The minimum Gasteiger partial charge on any atom is -0.469 e. The number of terminal acetylenes is 2. The van der Waals surface area contributed by atoms with Crippen molar-refractivity contribution < 1.29 is 19.1 Å². The molecule has 1 heterocycles. The third-order valence-electron chi connectivity index (χ3n) is 6.56. The smallest absolute Gasteiger partial charge is 0.308 e. The van der Waals surface area contributed by atoms with E-state index in [4.69, 9.17) is 27.8 Å². The monoisotopic (exact) mass is 534 g/mol. The Morgan fingerprint density at radius 3 is 2.12 bits per heavy atom. The maximum atomic E-state index is 13.2. The molecule has 0 atom stereocenters. The van der Waals surface area contributed by atoms with Gasteiger partial charge in [-0.3, -0.25) is 19.8 Å². The number of carbonyl (C=O) groups is 3. The largest absolute Gasteiger partial charge is 0.469 e. The molecule has 8 heteroatoms. The molecule has 1 fully saturated rings. The molecule has 0 aliphatic carbocycles. The molecule has 0 unspecified atom stereocenters. The van der Waals surface area contributed by atoms with Gasteiger partial charge in [-0.15, -0.1) is 12.8 Å². The van der Waals surface area contributed by atoms with E-state index in [1.54, 1.807) is 36.4 Å². The third kappa shape index (κ3) is 7.15. The number of esters is 1. The average Bonchev–Trinajstić information content (AvgIpc) is 3.01. The summed E-state index contributed by atoms with van der Waals surface area (Å²) in [6.07, 6.45) is 12.6. The van der Waals surface area contributed by atoms with E-state index >= 15 is 0 Å². The van der Waals surface area contributed by atoms with Crippen LogP contribution in [-0.2, 0) is 14.3 Å². The highest BCUT2D eigenvalue weighted by atomic mass is 16.5. The summed E-state index contributed by atoms with van der Waals surface area (Å²) in [5.74, 6) is 4.97. The van der Waals surface area contributed by atoms with Crippen LogP contribution in [0.25, 0.3) is 11.1 Å². The number of rotatable bonds is 5. The van der Waals surface area contributed by atoms with E-state index in [0.717, 1.165) is 22.3 Å². The first-order valence-electron chi connectivity index (χ1n) is 12.5. The SMILES string of the molecule is C#Cc1ccc(NC(=O)c2cc(C#C)ccc2-c2ccc(C(=N)N3CCC(C(=O)OC)CC3)cc2)cc1.NC=O. The summed E-state index contributed by atoms with van der Waals surface area (Å²) in [7, 11) is 1.41. The fourth-order valence-corrected chi connectivity index (χ4v) is 4.42. The van der Waals surface area contributed by atoms with Crippen molar-refractivity contribution in [2.45, 2.75) is 12.8 Å². The van der Waals surface area contributed by atoms with Crippen molar-refractivity contribution in [1.29, 1.82) is 5.41 Å². The van der Waals surface area contributed by atoms with Crippen LogP contribution < -0.4 is 11.1 Å². The molecule has 0 aromatic heterocycles. The number of nitrogens with one attached hydrogen (secondary N) is 2. The Bertz CT molecular complexity index is 1460. The zero-order valence-corrected chi connectivity index (χ0v) is 22.1. The summed E-state index contributed by atoms with van der Waals surface area (Å²) in [6.45, 7) is 1.25. The molecule has 8 nitrogen and oxygen atoms in total. The fourth-order valence-electron chi connectivity index (χ4n) is 4.42. The number of ether oxygens (including phenoxy) is 1. The Hall–Kier alpha value is -5.34. The molecule has 3 aromatic rings. The molecular weight excluding hydrogens is 504 g/mol. The number of primary amides is 1. The van der Waals surface area contributed by atoms with Gasteiger partial charge >= 0.3 is 5.97 Å². The van der Waals surface area contributed by atoms with Crippen LogP contribution in [0, 0.1) is 36.0 Å². The number of amidine groups is 1. The van der Waals surface area contributed by atoms with Crippen molar-refractivity contribution in [3.63, 3.8) is 0 Å². The number of hydrogen-bond acceptors (Lipinski definition) is 5. The molecule has 1 saturated heterocycles. The predicted molar refractivity (Wildman–Crippen MR) is 156 cm³/mol. The maximum Gasteiger partial charge on any atom is 0.308 e. The summed E-state index contributed by atoms with van der Waals surface area (Å²) >= 11 is 0. The van der Waals surface area contributed by atoms with Gasteiger partial charge in [0.05, 0.1) is 13.0 Å².